The first-order valence-corrected chi connectivity index (χ1v) is 17.3. The van der Waals surface area contributed by atoms with Gasteiger partial charge in [0.15, 0.2) is 17.8 Å². The third-order valence-electron chi connectivity index (χ3n) is 9.38. The maximum atomic E-state index is 12.7. The number of methoxy groups -OCH3 is 2. The third-order valence-corrected chi connectivity index (χ3v) is 9.38. The number of para-hydroxylation sites is 2. The highest BCUT2D eigenvalue weighted by Gasteiger charge is 2.34. The fourth-order valence-corrected chi connectivity index (χ4v) is 6.60. The Balaban J connectivity index is 1.08. The molecule has 0 saturated carbocycles. The molecule has 1 saturated heterocycles. The van der Waals surface area contributed by atoms with Crippen molar-refractivity contribution >= 4 is 28.9 Å². The highest BCUT2D eigenvalue weighted by atomic mass is 16.7. The second-order valence-corrected chi connectivity index (χ2v) is 13.0. The number of nitrogens with two attached hydrogens (primary N) is 1. The monoisotopic (exact) mass is 694 g/mol. The molecule has 0 aliphatic carbocycles. The molecule has 1 fully saturated rings. The van der Waals surface area contributed by atoms with E-state index in [0.717, 1.165) is 54.2 Å². The molecule has 4 aromatic rings. The molecule has 0 spiro atoms. The van der Waals surface area contributed by atoms with Gasteiger partial charge in [0, 0.05) is 50.1 Å². The number of fused-ring (bicyclic) bond motifs is 1. The number of ether oxygens (including phenoxy) is 4. The molecule has 11 nitrogen and oxygen atoms in total. The zero-order valence-corrected chi connectivity index (χ0v) is 29.1. The fourth-order valence-electron chi connectivity index (χ4n) is 6.60. The van der Waals surface area contributed by atoms with Crippen LogP contribution in [0.5, 0.6) is 11.5 Å². The predicted octanol–water partition coefficient (Wildman–Crippen LogP) is 6.13. The minimum absolute atomic E-state index is 0.0186. The molecule has 2 aliphatic heterocycles. The fraction of sp³-hybridized carbons (Fsp3) is 0.350. The molecule has 2 amide bonds. The molecule has 2 aliphatic rings. The lowest BCUT2D eigenvalue weighted by Gasteiger charge is -2.39. The lowest BCUT2D eigenvalue weighted by molar-refractivity contribution is -0.253. The van der Waals surface area contributed by atoms with Crippen molar-refractivity contribution in [3.8, 4) is 11.5 Å². The van der Waals surface area contributed by atoms with Gasteiger partial charge in [0.2, 0.25) is 11.8 Å². The molecule has 0 aromatic heterocycles. The van der Waals surface area contributed by atoms with Crippen molar-refractivity contribution in [1.82, 2.24) is 4.90 Å². The highest BCUT2D eigenvalue weighted by Crippen LogP contribution is 2.39. The van der Waals surface area contributed by atoms with Gasteiger partial charge < -0.3 is 40.4 Å². The van der Waals surface area contributed by atoms with Gasteiger partial charge in [-0.05, 0) is 71.5 Å². The Morgan fingerprint density at radius 3 is 2.22 bits per heavy atom. The standard InChI is InChI=1S/C40H46N4O7/c1-48-36-20-29-18-19-44(23-30(29)21-37(36)49-2)24-32-22-35(27-12-10-26(25-45)11-13-27)51-40(50-32)28-14-16-31(17-15-28)42-38(46)8-5-9-39(47)43-34-7-4-3-6-33(34)41/h3-4,6-7,10-17,20-21,32,35,40,45H,5,8-9,18-19,22-25,41H2,1-2H3,(H,42,46)(H,43,47)/t32-,35+,40+/m0/s1. The van der Waals surface area contributed by atoms with E-state index in [4.69, 9.17) is 24.7 Å². The Morgan fingerprint density at radius 2 is 1.53 bits per heavy atom. The lowest BCUT2D eigenvalue weighted by Crippen LogP contribution is -2.41. The number of carbonyl (C=O) groups excluding carboxylic acids is 2. The van der Waals surface area contributed by atoms with Gasteiger partial charge in [-0.1, -0.05) is 48.5 Å². The highest BCUT2D eigenvalue weighted by molar-refractivity contribution is 5.94. The molecule has 0 bridgehead atoms. The normalized spacial score (nSPS) is 18.8. The number of aliphatic hydroxyl groups excluding tert-OH is 1. The lowest BCUT2D eigenvalue weighted by atomic mass is 9.97. The van der Waals surface area contributed by atoms with Crippen LogP contribution in [0, 0.1) is 0 Å². The molecule has 5 N–H and O–H groups in total. The quantitative estimate of drug-likeness (QED) is 0.122. The van der Waals surface area contributed by atoms with E-state index in [9.17, 15) is 14.7 Å². The number of carbonyl (C=O) groups is 2. The van der Waals surface area contributed by atoms with Crippen molar-refractivity contribution < 1.29 is 33.6 Å². The van der Waals surface area contributed by atoms with Crippen LogP contribution in [-0.2, 0) is 38.6 Å². The SMILES string of the molecule is COc1cc2c(cc1OC)CN(C[C@@H]1C[C@H](c3ccc(CO)cc3)O[C@H](c3ccc(NC(=O)CCCC(=O)Nc4ccccc4N)cc3)O1)CC2. The van der Waals surface area contributed by atoms with Crippen LogP contribution in [0.25, 0.3) is 0 Å². The number of amides is 2. The Hall–Kier alpha value is -4.94. The average molecular weight is 695 g/mol. The maximum Gasteiger partial charge on any atom is 0.224 e. The van der Waals surface area contributed by atoms with Gasteiger partial charge in [-0.15, -0.1) is 0 Å². The van der Waals surface area contributed by atoms with E-state index >= 15 is 0 Å². The van der Waals surface area contributed by atoms with Gasteiger partial charge >= 0.3 is 0 Å². The Labute approximate surface area is 298 Å². The minimum Gasteiger partial charge on any atom is -0.493 e. The zero-order chi connectivity index (χ0) is 35.7. The van der Waals surface area contributed by atoms with Crippen LogP contribution in [0.1, 0.15) is 65.9 Å². The Morgan fingerprint density at radius 1 is 0.863 bits per heavy atom. The van der Waals surface area contributed by atoms with Crippen molar-refractivity contribution in [3.05, 3.63) is 113 Å². The van der Waals surface area contributed by atoms with Crippen LogP contribution in [0.15, 0.2) is 84.9 Å². The summed E-state index contributed by atoms with van der Waals surface area (Å²) in [7, 11) is 3.31. The summed E-state index contributed by atoms with van der Waals surface area (Å²) < 4.78 is 24.2. The summed E-state index contributed by atoms with van der Waals surface area (Å²) in [6.07, 6.45) is 1.45. The zero-order valence-electron chi connectivity index (χ0n) is 29.1. The van der Waals surface area contributed by atoms with E-state index in [1.54, 1.807) is 38.5 Å². The van der Waals surface area contributed by atoms with Gasteiger partial charge in [0.25, 0.3) is 0 Å². The van der Waals surface area contributed by atoms with Crippen molar-refractivity contribution in [2.24, 2.45) is 0 Å². The molecule has 0 radical (unpaired) electrons. The van der Waals surface area contributed by atoms with Gasteiger partial charge in [0.1, 0.15) is 0 Å². The van der Waals surface area contributed by atoms with Crippen molar-refractivity contribution in [2.45, 2.75) is 63.8 Å². The van der Waals surface area contributed by atoms with E-state index in [1.165, 1.54) is 11.1 Å². The summed E-state index contributed by atoms with van der Waals surface area (Å²) in [6, 6.07) is 26.6. The summed E-state index contributed by atoms with van der Waals surface area (Å²) in [5.41, 5.74) is 12.8. The smallest absolute Gasteiger partial charge is 0.224 e. The summed E-state index contributed by atoms with van der Waals surface area (Å²) in [5.74, 6) is 1.11. The summed E-state index contributed by atoms with van der Waals surface area (Å²) in [4.78, 5) is 27.4. The van der Waals surface area contributed by atoms with Gasteiger partial charge in [-0.25, -0.2) is 0 Å². The Kier molecular flexibility index (Phi) is 11.8. The summed E-state index contributed by atoms with van der Waals surface area (Å²) in [5, 5.41) is 15.3. The number of nitrogens with zero attached hydrogens (tertiary/aromatic N) is 1. The number of nitrogen functional groups attached to an aromatic ring is 1. The first-order chi connectivity index (χ1) is 24.8. The first-order valence-electron chi connectivity index (χ1n) is 17.3. The molecule has 2 heterocycles. The number of benzene rings is 4. The number of aliphatic hydroxyl groups is 1. The largest absolute Gasteiger partial charge is 0.493 e. The number of hydrogen-bond donors (Lipinski definition) is 4. The predicted molar refractivity (Wildman–Crippen MR) is 195 cm³/mol. The number of hydrogen-bond acceptors (Lipinski definition) is 9. The van der Waals surface area contributed by atoms with Crippen LogP contribution in [0.3, 0.4) is 0 Å². The minimum atomic E-state index is -0.616. The van der Waals surface area contributed by atoms with E-state index in [1.807, 2.05) is 48.5 Å². The van der Waals surface area contributed by atoms with E-state index in [2.05, 4.69) is 27.7 Å². The number of nitrogens with one attached hydrogen (secondary N) is 2. The van der Waals surface area contributed by atoms with Gasteiger partial charge in [-0.2, -0.15) is 0 Å². The molecular formula is C40H46N4O7. The molecular weight excluding hydrogens is 648 g/mol. The van der Waals surface area contributed by atoms with Crippen molar-refractivity contribution in [2.75, 3.05) is 43.7 Å². The van der Waals surface area contributed by atoms with E-state index < -0.39 is 6.29 Å². The summed E-state index contributed by atoms with van der Waals surface area (Å²) >= 11 is 0. The molecule has 3 atom stereocenters. The average Bonchev–Trinajstić information content (AvgIpc) is 3.15. The van der Waals surface area contributed by atoms with Crippen LogP contribution in [0.4, 0.5) is 17.1 Å². The van der Waals surface area contributed by atoms with Crippen LogP contribution in [0.2, 0.25) is 0 Å². The number of rotatable bonds is 13. The first kappa shape index (κ1) is 35.9. The van der Waals surface area contributed by atoms with E-state index in [-0.39, 0.29) is 43.5 Å². The third kappa shape index (κ3) is 9.25. The van der Waals surface area contributed by atoms with Gasteiger partial charge in [0.05, 0.1) is 44.4 Å². The topological polar surface area (TPSA) is 145 Å². The van der Waals surface area contributed by atoms with Crippen molar-refractivity contribution in [3.63, 3.8) is 0 Å². The molecule has 4 aromatic carbocycles. The Bertz CT molecular complexity index is 1800. The second-order valence-electron chi connectivity index (χ2n) is 13.0. The van der Waals surface area contributed by atoms with Gasteiger partial charge in [-0.3, -0.25) is 14.5 Å². The molecule has 268 valence electrons. The van der Waals surface area contributed by atoms with Crippen molar-refractivity contribution in [1.29, 1.82) is 0 Å². The van der Waals surface area contributed by atoms with Crippen LogP contribution in [-0.4, -0.2) is 55.2 Å². The van der Waals surface area contributed by atoms with Crippen LogP contribution >= 0.6 is 0 Å². The second kappa shape index (κ2) is 16.8. The maximum absolute atomic E-state index is 12.7. The van der Waals surface area contributed by atoms with E-state index in [0.29, 0.717) is 29.9 Å². The summed E-state index contributed by atoms with van der Waals surface area (Å²) in [6.45, 7) is 2.38. The molecule has 51 heavy (non-hydrogen) atoms. The van der Waals surface area contributed by atoms with Crippen LogP contribution < -0.4 is 25.8 Å². The molecule has 6 rings (SSSR count). The molecule has 11 heteroatoms. The number of anilines is 3. The molecule has 0 unspecified atom stereocenters.